The largest absolute Gasteiger partial charge is 0.391 e. The number of aromatic amines is 1. The van der Waals surface area contributed by atoms with Crippen molar-refractivity contribution < 1.29 is 22.7 Å². The Balaban J connectivity index is 1.57. The van der Waals surface area contributed by atoms with E-state index in [1.54, 1.807) is 6.20 Å². The molecular weight excluding hydrogens is 363 g/mol. The van der Waals surface area contributed by atoms with Gasteiger partial charge in [0.15, 0.2) is 0 Å². The summed E-state index contributed by atoms with van der Waals surface area (Å²) >= 11 is 0. The maximum absolute atomic E-state index is 15.4. The van der Waals surface area contributed by atoms with E-state index in [0.717, 1.165) is 28.7 Å². The van der Waals surface area contributed by atoms with Crippen LogP contribution in [-0.4, -0.2) is 58.6 Å². The van der Waals surface area contributed by atoms with Gasteiger partial charge < -0.3 is 10.1 Å². The average Bonchev–Trinajstić information content (AvgIpc) is 3.10. The number of imidazole rings is 1. The summed E-state index contributed by atoms with van der Waals surface area (Å²) < 4.78 is 42.3. The van der Waals surface area contributed by atoms with Crippen LogP contribution in [-0.2, 0) is 15.0 Å². The van der Waals surface area contributed by atoms with Crippen LogP contribution in [0.3, 0.4) is 0 Å². The lowest BCUT2D eigenvalue weighted by atomic mass is 9.64. The summed E-state index contributed by atoms with van der Waals surface area (Å²) in [6.07, 6.45) is 1.64. The Labute approximate surface area is 151 Å². The van der Waals surface area contributed by atoms with Crippen LogP contribution in [0.2, 0.25) is 0 Å². The summed E-state index contributed by atoms with van der Waals surface area (Å²) in [6.45, 7) is 1.47. The summed E-state index contributed by atoms with van der Waals surface area (Å²) in [6, 6.07) is -1.22. The monoisotopic (exact) mass is 386 g/mol. The van der Waals surface area contributed by atoms with Crippen LogP contribution in [0.25, 0.3) is 0 Å². The molecule has 1 aromatic heterocycles. The predicted molar refractivity (Wildman–Crippen MR) is 90.0 cm³/mol. The second kappa shape index (κ2) is 6.28. The Morgan fingerprint density at radius 3 is 2.73 bits per heavy atom. The molecule has 0 radical (unpaired) electrons. The second-order valence-electron chi connectivity index (χ2n) is 7.70. The van der Waals surface area contributed by atoms with E-state index in [1.165, 1.54) is 0 Å². The van der Waals surface area contributed by atoms with E-state index in [2.05, 4.69) is 9.97 Å². The molecule has 3 N–H and O–H groups in total. The van der Waals surface area contributed by atoms with Gasteiger partial charge in [0, 0.05) is 17.8 Å². The molecule has 26 heavy (non-hydrogen) atoms. The highest BCUT2D eigenvalue weighted by atomic mass is 32.2. The van der Waals surface area contributed by atoms with Crippen molar-refractivity contribution in [2.45, 2.75) is 56.8 Å². The highest BCUT2D eigenvalue weighted by Gasteiger charge is 2.53. The van der Waals surface area contributed by atoms with Crippen LogP contribution >= 0.6 is 0 Å². The Bertz CT molecular complexity index is 813. The van der Waals surface area contributed by atoms with Crippen LogP contribution in [0.1, 0.15) is 43.1 Å². The molecule has 4 rings (SSSR count). The lowest BCUT2D eigenvalue weighted by Crippen LogP contribution is -2.58. The van der Waals surface area contributed by atoms with Gasteiger partial charge in [0.05, 0.1) is 18.7 Å². The summed E-state index contributed by atoms with van der Waals surface area (Å²) in [5.74, 6) is -0.120. The SMILES string of the molecule is Cc1cnc(C2CCC3CC(O)C(N4CC(=O)NS4(=O)=O)C(F)C3C2)[nH]1. The first-order valence-electron chi connectivity index (χ1n) is 8.92. The van der Waals surface area contributed by atoms with Gasteiger partial charge in [-0.25, -0.2) is 14.1 Å². The zero-order chi connectivity index (χ0) is 18.6. The van der Waals surface area contributed by atoms with E-state index in [9.17, 15) is 18.3 Å². The Morgan fingerprint density at radius 1 is 1.35 bits per heavy atom. The number of aromatic nitrogens is 2. The molecule has 2 heterocycles. The van der Waals surface area contributed by atoms with Crippen LogP contribution < -0.4 is 4.72 Å². The molecule has 3 aliphatic rings. The number of alkyl halides is 1. The third-order valence-corrected chi connectivity index (χ3v) is 7.49. The molecule has 1 aromatic rings. The number of H-pyrrole nitrogens is 1. The van der Waals surface area contributed by atoms with Gasteiger partial charge in [0.2, 0.25) is 5.91 Å². The van der Waals surface area contributed by atoms with E-state index in [0.29, 0.717) is 12.8 Å². The molecule has 2 aliphatic carbocycles. The minimum atomic E-state index is -4.09. The topological polar surface area (TPSA) is 115 Å². The molecule has 1 amide bonds. The number of nitrogens with one attached hydrogen (secondary N) is 2. The molecule has 6 atom stereocenters. The summed E-state index contributed by atoms with van der Waals surface area (Å²) in [5.41, 5.74) is 0.948. The lowest BCUT2D eigenvalue weighted by molar-refractivity contribution is -0.119. The number of amides is 1. The molecule has 0 bridgehead atoms. The molecule has 2 saturated carbocycles. The highest BCUT2D eigenvalue weighted by Crippen LogP contribution is 2.48. The van der Waals surface area contributed by atoms with Crippen LogP contribution in [0, 0.1) is 18.8 Å². The van der Waals surface area contributed by atoms with E-state index in [-0.39, 0.29) is 17.8 Å². The minimum absolute atomic E-state index is 0.0116. The van der Waals surface area contributed by atoms with Gasteiger partial charge in [-0.05, 0) is 44.4 Å². The van der Waals surface area contributed by atoms with E-state index in [4.69, 9.17) is 0 Å². The molecular formula is C16H23FN4O4S. The number of rotatable bonds is 2. The van der Waals surface area contributed by atoms with E-state index >= 15 is 4.39 Å². The van der Waals surface area contributed by atoms with Crippen molar-refractivity contribution in [2.75, 3.05) is 6.54 Å². The smallest absolute Gasteiger partial charge is 0.304 e. The van der Waals surface area contributed by atoms with Gasteiger partial charge in [-0.1, -0.05) is 0 Å². The van der Waals surface area contributed by atoms with Gasteiger partial charge in [0.1, 0.15) is 12.0 Å². The number of aryl methyl sites for hydroxylation is 1. The van der Waals surface area contributed by atoms with Gasteiger partial charge in [-0.15, -0.1) is 0 Å². The number of aliphatic hydroxyl groups is 1. The maximum Gasteiger partial charge on any atom is 0.304 e. The van der Waals surface area contributed by atoms with Crippen molar-refractivity contribution >= 4 is 16.1 Å². The third kappa shape index (κ3) is 2.93. The first kappa shape index (κ1) is 17.9. The number of nitrogens with zero attached hydrogens (tertiary/aromatic N) is 2. The average molecular weight is 386 g/mol. The molecule has 144 valence electrons. The Hall–Kier alpha value is -1.52. The molecule has 8 nitrogen and oxygen atoms in total. The number of carbonyl (C=O) groups excluding carboxylic acids is 1. The lowest BCUT2D eigenvalue weighted by Gasteiger charge is -2.47. The molecule has 6 unspecified atom stereocenters. The van der Waals surface area contributed by atoms with E-state index in [1.807, 2.05) is 11.6 Å². The third-order valence-electron chi connectivity index (χ3n) is 6.01. The molecule has 0 spiro atoms. The predicted octanol–water partition coefficient (Wildman–Crippen LogP) is 0.366. The van der Waals surface area contributed by atoms with Gasteiger partial charge in [-0.2, -0.15) is 12.7 Å². The maximum atomic E-state index is 15.4. The van der Waals surface area contributed by atoms with Gasteiger partial charge in [0.25, 0.3) is 0 Å². The minimum Gasteiger partial charge on any atom is -0.391 e. The number of aliphatic hydroxyl groups excluding tert-OH is 1. The van der Waals surface area contributed by atoms with Crippen LogP contribution in [0.4, 0.5) is 4.39 Å². The summed E-state index contributed by atoms with van der Waals surface area (Å²) in [7, 11) is -4.09. The van der Waals surface area contributed by atoms with E-state index < -0.39 is 41.0 Å². The summed E-state index contributed by atoms with van der Waals surface area (Å²) in [4.78, 5) is 19.1. The fourth-order valence-corrected chi connectivity index (χ4v) is 6.17. The van der Waals surface area contributed by atoms with Crippen molar-refractivity contribution in [3.63, 3.8) is 0 Å². The Morgan fingerprint density at radius 2 is 2.12 bits per heavy atom. The number of hydrogen-bond donors (Lipinski definition) is 3. The molecule has 3 fully saturated rings. The summed E-state index contributed by atoms with van der Waals surface area (Å²) in [5, 5.41) is 10.4. The molecule has 1 saturated heterocycles. The number of carbonyl (C=O) groups is 1. The molecule has 10 heteroatoms. The molecule has 1 aliphatic heterocycles. The molecule has 0 aromatic carbocycles. The Kier molecular flexibility index (Phi) is 4.31. The number of halogens is 1. The second-order valence-corrected chi connectivity index (χ2v) is 9.32. The fraction of sp³-hybridized carbons (Fsp3) is 0.750. The standard InChI is InChI=1S/C16H23FN4O4S/c1-8-6-18-16(19-8)10-3-2-9-5-12(22)15(14(17)11(9)4-10)21-7-13(23)20-26(21,24)25/h6,9-12,14-15,22H,2-5,7H2,1H3,(H,18,19)(H,20,23). The zero-order valence-electron chi connectivity index (χ0n) is 14.4. The van der Waals surface area contributed by atoms with Crippen molar-refractivity contribution in [3.8, 4) is 0 Å². The van der Waals surface area contributed by atoms with Crippen molar-refractivity contribution in [1.29, 1.82) is 0 Å². The first-order valence-corrected chi connectivity index (χ1v) is 10.4. The van der Waals surface area contributed by atoms with Gasteiger partial charge in [-0.3, -0.25) is 4.79 Å². The van der Waals surface area contributed by atoms with Crippen molar-refractivity contribution in [2.24, 2.45) is 11.8 Å². The normalized spacial score (nSPS) is 40.2. The highest BCUT2D eigenvalue weighted by molar-refractivity contribution is 7.88. The first-order chi connectivity index (χ1) is 12.3. The zero-order valence-corrected chi connectivity index (χ0v) is 15.2. The van der Waals surface area contributed by atoms with Crippen LogP contribution in [0.5, 0.6) is 0 Å². The number of fused-ring (bicyclic) bond motifs is 1. The van der Waals surface area contributed by atoms with Crippen molar-refractivity contribution in [1.82, 2.24) is 19.0 Å². The quantitative estimate of drug-likeness (QED) is 0.679. The van der Waals surface area contributed by atoms with Gasteiger partial charge >= 0.3 is 10.2 Å². The van der Waals surface area contributed by atoms with Crippen LogP contribution in [0.15, 0.2) is 6.20 Å². The fourth-order valence-electron chi connectivity index (χ4n) is 4.83. The number of hydrogen-bond acceptors (Lipinski definition) is 5. The van der Waals surface area contributed by atoms with Crippen molar-refractivity contribution in [3.05, 3.63) is 17.7 Å².